The molecular formula is C8H10N2. The van der Waals surface area contributed by atoms with E-state index >= 15 is 0 Å². The lowest BCUT2D eigenvalue weighted by Gasteiger charge is -1.98. The fourth-order valence-electron chi connectivity index (χ4n) is 0.705. The van der Waals surface area contributed by atoms with E-state index in [2.05, 4.69) is 11.6 Å². The van der Waals surface area contributed by atoms with E-state index in [9.17, 15) is 0 Å². The van der Waals surface area contributed by atoms with Gasteiger partial charge in [-0.2, -0.15) is 0 Å². The zero-order chi connectivity index (χ0) is 7.56. The molecule has 0 saturated carbocycles. The molecule has 0 aliphatic carbocycles. The van der Waals surface area contributed by atoms with Gasteiger partial charge in [-0.25, -0.2) is 0 Å². The average molecular weight is 134 g/mol. The molecule has 0 bridgehead atoms. The summed E-state index contributed by atoms with van der Waals surface area (Å²) in [6, 6.07) is 3.68. The Morgan fingerprint density at radius 2 is 2.30 bits per heavy atom. The van der Waals surface area contributed by atoms with Crippen molar-refractivity contribution in [3.8, 4) is 0 Å². The second-order valence-electron chi connectivity index (χ2n) is 2.11. The molecule has 1 aromatic heterocycles. The number of nitrogens with two attached hydrogens (primary N) is 1. The van der Waals surface area contributed by atoms with E-state index < -0.39 is 0 Å². The van der Waals surface area contributed by atoms with Crippen LogP contribution in [-0.4, -0.2) is 4.98 Å². The van der Waals surface area contributed by atoms with Crippen LogP contribution >= 0.6 is 0 Å². The Morgan fingerprint density at radius 1 is 1.60 bits per heavy atom. The molecule has 2 N–H and O–H groups in total. The maximum absolute atomic E-state index is 5.55. The molecular weight excluding hydrogens is 124 g/mol. The van der Waals surface area contributed by atoms with Gasteiger partial charge in [0.15, 0.2) is 0 Å². The van der Waals surface area contributed by atoms with Gasteiger partial charge < -0.3 is 5.73 Å². The van der Waals surface area contributed by atoms with Crippen molar-refractivity contribution in [1.29, 1.82) is 0 Å². The van der Waals surface area contributed by atoms with Crippen molar-refractivity contribution in [3.05, 3.63) is 30.1 Å². The highest BCUT2D eigenvalue weighted by atomic mass is 14.7. The van der Waals surface area contributed by atoms with Crippen molar-refractivity contribution in [1.82, 2.24) is 4.98 Å². The summed E-state index contributed by atoms with van der Waals surface area (Å²) >= 11 is 0. The lowest BCUT2D eigenvalue weighted by atomic mass is 10.3. The number of hydrogen-bond donors (Lipinski definition) is 1. The van der Waals surface area contributed by atoms with E-state index in [0.717, 1.165) is 17.1 Å². The Morgan fingerprint density at radius 3 is 2.80 bits per heavy atom. The van der Waals surface area contributed by atoms with Gasteiger partial charge in [0.05, 0.1) is 17.1 Å². The SMILES string of the molecule is C=Cc1ccc(N)c(C)n1. The molecule has 2 nitrogen and oxygen atoms in total. The Balaban J connectivity index is 3.16. The van der Waals surface area contributed by atoms with Crippen molar-refractivity contribution in [2.75, 3.05) is 5.73 Å². The molecule has 0 unspecified atom stereocenters. The topological polar surface area (TPSA) is 38.9 Å². The van der Waals surface area contributed by atoms with Crippen molar-refractivity contribution in [3.63, 3.8) is 0 Å². The fraction of sp³-hybridized carbons (Fsp3) is 0.125. The number of nitrogens with zero attached hydrogens (tertiary/aromatic N) is 1. The van der Waals surface area contributed by atoms with E-state index in [-0.39, 0.29) is 0 Å². The van der Waals surface area contributed by atoms with Gasteiger partial charge in [-0.3, -0.25) is 4.98 Å². The zero-order valence-corrected chi connectivity index (χ0v) is 5.96. The van der Waals surface area contributed by atoms with Gasteiger partial charge >= 0.3 is 0 Å². The molecule has 0 atom stereocenters. The number of anilines is 1. The summed E-state index contributed by atoms with van der Waals surface area (Å²) in [7, 11) is 0. The van der Waals surface area contributed by atoms with Crippen molar-refractivity contribution < 1.29 is 0 Å². The molecule has 52 valence electrons. The molecule has 10 heavy (non-hydrogen) atoms. The number of rotatable bonds is 1. The minimum absolute atomic E-state index is 0.727. The molecule has 0 radical (unpaired) electrons. The first-order valence-corrected chi connectivity index (χ1v) is 3.09. The molecule has 0 aliphatic rings. The summed E-state index contributed by atoms with van der Waals surface area (Å²) in [5.74, 6) is 0. The minimum atomic E-state index is 0.727. The average Bonchev–Trinajstić information content (AvgIpc) is 1.95. The molecule has 0 saturated heterocycles. The summed E-state index contributed by atoms with van der Waals surface area (Å²) < 4.78 is 0. The van der Waals surface area contributed by atoms with Gasteiger partial charge in [0.25, 0.3) is 0 Å². The quantitative estimate of drug-likeness (QED) is 0.633. The second kappa shape index (κ2) is 2.52. The van der Waals surface area contributed by atoms with Crippen LogP contribution in [0.5, 0.6) is 0 Å². The molecule has 0 amide bonds. The molecule has 0 fully saturated rings. The third-order valence-corrected chi connectivity index (χ3v) is 1.36. The van der Waals surface area contributed by atoms with E-state index in [1.165, 1.54) is 0 Å². The number of aryl methyl sites for hydroxylation is 1. The number of nitrogen functional groups attached to an aromatic ring is 1. The van der Waals surface area contributed by atoms with Crippen LogP contribution < -0.4 is 5.73 Å². The third-order valence-electron chi connectivity index (χ3n) is 1.36. The molecule has 2 heteroatoms. The smallest absolute Gasteiger partial charge is 0.0628 e. The fourth-order valence-corrected chi connectivity index (χ4v) is 0.705. The van der Waals surface area contributed by atoms with Crippen molar-refractivity contribution in [2.24, 2.45) is 0 Å². The molecule has 0 aromatic carbocycles. The molecule has 0 spiro atoms. The maximum Gasteiger partial charge on any atom is 0.0628 e. The van der Waals surface area contributed by atoms with Crippen LogP contribution in [0.25, 0.3) is 6.08 Å². The number of aromatic nitrogens is 1. The molecule has 1 aromatic rings. The van der Waals surface area contributed by atoms with E-state index in [1.807, 2.05) is 19.1 Å². The highest BCUT2D eigenvalue weighted by molar-refractivity contribution is 5.49. The van der Waals surface area contributed by atoms with Crippen LogP contribution in [-0.2, 0) is 0 Å². The second-order valence-corrected chi connectivity index (χ2v) is 2.11. The zero-order valence-electron chi connectivity index (χ0n) is 5.96. The Kier molecular flexibility index (Phi) is 1.71. The summed E-state index contributed by atoms with van der Waals surface area (Å²) in [6.07, 6.45) is 1.70. The first-order chi connectivity index (χ1) is 4.74. The summed E-state index contributed by atoms with van der Waals surface area (Å²) in [5, 5.41) is 0. The molecule has 1 rings (SSSR count). The van der Waals surface area contributed by atoms with Gasteiger partial charge in [-0.1, -0.05) is 6.58 Å². The van der Waals surface area contributed by atoms with Gasteiger partial charge in [-0.05, 0) is 25.1 Å². The lowest BCUT2D eigenvalue weighted by Crippen LogP contribution is -1.93. The van der Waals surface area contributed by atoms with Gasteiger partial charge in [-0.15, -0.1) is 0 Å². The first kappa shape index (κ1) is 6.81. The van der Waals surface area contributed by atoms with Crippen LogP contribution in [0.15, 0.2) is 18.7 Å². The van der Waals surface area contributed by atoms with Gasteiger partial charge in [0.2, 0.25) is 0 Å². The Hall–Kier alpha value is -1.31. The third kappa shape index (κ3) is 1.16. The van der Waals surface area contributed by atoms with Crippen molar-refractivity contribution >= 4 is 11.8 Å². The van der Waals surface area contributed by atoms with Crippen LogP contribution in [0, 0.1) is 6.92 Å². The monoisotopic (exact) mass is 134 g/mol. The number of hydrogen-bond acceptors (Lipinski definition) is 2. The summed E-state index contributed by atoms with van der Waals surface area (Å²) in [5.41, 5.74) is 8.00. The van der Waals surface area contributed by atoms with Gasteiger partial charge in [0, 0.05) is 0 Å². The maximum atomic E-state index is 5.55. The standard InChI is InChI=1S/C8H10N2/c1-3-7-4-5-8(9)6(2)10-7/h3-5H,1,9H2,2H3. The van der Waals surface area contributed by atoms with E-state index in [1.54, 1.807) is 6.08 Å². The van der Waals surface area contributed by atoms with Crippen LogP contribution in [0.4, 0.5) is 5.69 Å². The van der Waals surface area contributed by atoms with Gasteiger partial charge in [0.1, 0.15) is 0 Å². The molecule has 0 aliphatic heterocycles. The first-order valence-electron chi connectivity index (χ1n) is 3.09. The largest absolute Gasteiger partial charge is 0.397 e. The predicted molar refractivity (Wildman–Crippen MR) is 43.5 cm³/mol. The van der Waals surface area contributed by atoms with Crippen LogP contribution in [0.2, 0.25) is 0 Å². The Bertz CT molecular complexity index is 253. The van der Waals surface area contributed by atoms with E-state index in [0.29, 0.717) is 0 Å². The summed E-state index contributed by atoms with van der Waals surface area (Å²) in [4.78, 5) is 4.15. The van der Waals surface area contributed by atoms with Crippen LogP contribution in [0.3, 0.4) is 0 Å². The predicted octanol–water partition coefficient (Wildman–Crippen LogP) is 1.62. The van der Waals surface area contributed by atoms with E-state index in [4.69, 9.17) is 5.73 Å². The minimum Gasteiger partial charge on any atom is -0.397 e. The summed E-state index contributed by atoms with van der Waals surface area (Å²) in [6.45, 7) is 5.48. The number of pyridine rings is 1. The molecule has 1 heterocycles. The highest BCUT2D eigenvalue weighted by Gasteiger charge is 1.92. The lowest BCUT2D eigenvalue weighted by molar-refractivity contribution is 1.19. The Labute approximate surface area is 60.4 Å². The normalized spacial score (nSPS) is 9.30. The van der Waals surface area contributed by atoms with Crippen LogP contribution in [0.1, 0.15) is 11.4 Å². The highest BCUT2D eigenvalue weighted by Crippen LogP contribution is 2.08. The van der Waals surface area contributed by atoms with Crippen molar-refractivity contribution in [2.45, 2.75) is 6.92 Å².